The molecule has 0 fully saturated rings. The molecule has 0 spiro atoms. The number of anilines is 2. The van der Waals surface area contributed by atoms with Crippen LogP contribution in [-0.2, 0) is 45.3 Å². The van der Waals surface area contributed by atoms with Gasteiger partial charge in [-0.2, -0.15) is 43.9 Å². The molecule has 7 rings (SSSR count). The topological polar surface area (TPSA) is 364 Å². The van der Waals surface area contributed by atoms with E-state index in [1.807, 2.05) is 0 Å². The van der Waals surface area contributed by atoms with Gasteiger partial charge in [0.1, 0.15) is 17.2 Å². The van der Waals surface area contributed by atoms with Crippen LogP contribution in [0.4, 0.5) is 34.1 Å². The van der Waals surface area contributed by atoms with Crippen molar-refractivity contribution in [1.82, 2.24) is 0 Å². The molecule has 22 nitrogen and oxygen atoms in total. The number of hydrogen-bond donors (Lipinski definition) is 7. The fraction of sp³-hybridized carbons (Fsp3) is 0.0526. The third-order valence-electron chi connectivity index (χ3n) is 9.48. The molecule has 0 aromatic heterocycles. The highest BCUT2D eigenvalue weighted by Crippen LogP contribution is 2.42. The number of nitrogens with zero attached hydrogens (tertiary/aromatic N) is 5. The number of ether oxygens (including phenoxy) is 1. The smallest absolute Gasteiger partial charge is 0.294 e. The highest BCUT2D eigenvalue weighted by Gasteiger charge is 2.26. The molecule has 0 atom stereocenters. The number of methoxy groups -OCH3 is 1. The molecule has 0 aliphatic heterocycles. The molecule has 0 amide bonds. The van der Waals surface area contributed by atoms with E-state index in [2.05, 4.69) is 31.0 Å². The summed E-state index contributed by atoms with van der Waals surface area (Å²) in [6.45, 7) is 1.64. The van der Waals surface area contributed by atoms with Crippen molar-refractivity contribution in [1.29, 1.82) is 0 Å². The number of fused-ring (bicyclic) bond motifs is 3. The fourth-order valence-electron chi connectivity index (χ4n) is 6.49. The van der Waals surface area contributed by atoms with Gasteiger partial charge < -0.3 is 15.6 Å². The molecule has 0 bridgehead atoms. The molecule has 64 heavy (non-hydrogen) atoms. The van der Waals surface area contributed by atoms with Gasteiger partial charge in [0.2, 0.25) is 5.78 Å². The molecule has 0 radical (unpaired) electrons. The third-order valence-corrected chi connectivity index (χ3v) is 12.8. The van der Waals surface area contributed by atoms with E-state index in [1.54, 1.807) is 13.0 Å². The summed E-state index contributed by atoms with van der Waals surface area (Å²) in [5.74, 6) is -1.17. The first-order valence-electron chi connectivity index (χ1n) is 17.6. The molecule has 0 heterocycles. The number of azo groups is 2. The zero-order chi connectivity index (χ0) is 46.7. The molecular formula is C38H29N7O15S4. The number of aryl methyl sites for hydroxylation is 1. The SMILES string of the molecule is COc1cc(N=Nc2ccc(N=Nc3cc(S(=O)(=O)O)cc4cc(S(=O)(=O)O)cc(O)c34)c3ccc(S(=O)(=O)O)cc23)c(C)cc1N/N=C1\C(=O)C=Cc2cc(S(=O)(=O)O)cc(N)c21. The average molecular weight is 952 g/mol. The summed E-state index contributed by atoms with van der Waals surface area (Å²) in [5.41, 5.74) is 9.43. The van der Waals surface area contributed by atoms with Crippen LogP contribution in [0.15, 0.2) is 130 Å². The first-order valence-corrected chi connectivity index (χ1v) is 23.4. The molecule has 0 saturated carbocycles. The zero-order valence-electron chi connectivity index (χ0n) is 32.4. The maximum Gasteiger partial charge on any atom is 0.294 e. The quantitative estimate of drug-likeness (QED) is 0.0303. The van der Waals surface area contributed by atoms with Crippen molar-refractivity contribution in [2.75, 3.05) is 18.3 Å². The summed E-state index contributed by atoms with van der Waals surface area (Å²) in [7, 11) is -17.9. The lowest BCUT2D eigenvalue weighted by atomic mass is 9.93. The zero-order valence-corrected chi connectivity index (χ0v) is 35.7. The number of carbonyl (C=O) groups excluding carboxylic acids is 1. The first-order chi connectivity index (χ1) is 29.8. The minimum absolute atomic E-state index is 0.000349. The molecule has 6 aromatic carbocycles. The second-order valence-electron chi connectivity index (χ2n) is 13.7. The molecule has 8 N–H and O–H groups in total. The maximum absolute atomic E-state index is 12.9. The van der Waals surface area contributed by atoms with Crippen LogP contribution in [0.1, 0.15) is 16.7 Å². The Balaban J connectivity index is 1.27. The summed E-state index contributed by atoms with van der Waals surface area (Å²) < 4.78 is 140. The van der Waals surface area contributed by atoms with E-state index < -0.39 is 71.6 Å². The number of ketones is 1. The number of carbonyl (C=O) groups is 1. The Morgan fingerprint density at radius 3 is 1.78 bits per heavy atom. The third kappa shape index (κ3) is 9.05. The van der Waals surface area contributed by atoms with Crippen molar-refractivity contribution < 1.29 is 66.5 Å². The number of allylic oxidation sites excluding steroid dienone is 1. The van der Waals surface area contributed by atoms with Crippen molar-refractivity contribution in [3.63, 3.8) is 0 Å². The standard InChI is InChI=1S/C38H29N7O15S4/c1-18-9-31(43-45-38-33(46)8-3-19-10-22(62(51,52)53)14-27(39)36(19)38)35(60-2)17-30(18)42-41-29-7-6-28(25-5-4-21(13-26(25)29)61(48,49)50)40-44-32-15-23(63(54,55)56)11-20-12-24(64(57,58)59)16-34(47)37(20)32/h3-17,43,47H,39H2,1-2H3,(H,48,49,50)(H,51,52,53)(H,54,55,56)(H,57,58,59)/b42-41?,44-40?,45-38+. The Morgan fingerprint density at radius 1 is 0.609 bits per heavy atom. The van der Waals surface area contributed by atoms with Crippen LogP contribution in [0.2, 0.25) is 0 Å². The minimum atomic E-state index is -4.94. The number of nitrogens with two attached hydrogens (primary N) is 1. The minimum Gasteiger partial charge on any atom is -0.507 e. The van der Waals surface area contributed by atoms with E-state index in [4.69, 9.17) is 10.5 Å². The fourth-order valence-corrected chi connectivity index (χ4v) is 8.62. The van der Waals surface area contributed by atoms with Crippen LogP contribution in [0.3, 0.4) is 0 Å². The number of benzene rings is 6. The summed E-state index contributed by atoms with van der Waals surface area (Å²) in [4.78, 5) is 10.3. The number of hydrogen-bond acceptors (Lipinski definition) is 18. The first kappa shape index (κ1) is 45.0. The largest absolute Gasteiger partial charge is 0.507 e. The van der Waals surface area contributed by atoms with Crippen LogP contribution < -0.4 is 15.9 Å². The van der Waals surface area contributed by atoms with Gasteiger partial charge in [-0.05, 0) is 90.2 Å². The molecule has 26 heteroatoms. The number of phenolic OH excluding ortho intramolecular Hbond substituents is 1. The van der Waals surface area contributed by atoms with Gasteiger partial charge in [0, 0.05) is 34.2 Å². The summed E-state index contributed by atoms with van der Waals surface area (Å²) in [6, 6.07) is 14.4. The predicted octanol–water partition coefficient (Wildman–Crippen LogP) is 6.83. The molecule has 1 aliphatic rings. The van der Waals surface area contributed by atoms with Crippen molar-refractivity contribution in [3.05, 3.63) is 102 Å². The summed E-state index contributed by atoms with van der Waals surface area (Å²) >= 11 is 0. The van der Waals surface area contributed by atoms with E-state index in [0.717, 1.165) is 48.5 Å². The Hall–Kier alpha value is -7.04. The number of hydrazone groups is 1. The molecule has 6 aromatic rings. The van der Waals surface area contributed by atoms with E-state index in [1.165, 1.54) is 37.5 Å². The lowest BCUT2D eigenvalue weighted by Gasteiger charge is -2.17. The predicted molar refractivity (Wildman–Crippen MR) is 230 cm³/mol. The van der Waals surface area contributed by atoms with E-state index >= 15 is 0 Å². The normalized spacial score (nSPS) is 14.3. The van der Waals surface area contributed by atoms with Crippen molar-refractivity contribution in [2.24, 2.45) is 25.6 Å². The number of nitrogen functional groups attached to an aromatic ring is 1. The highest BCUT2D eigenvalue weighted by molar-refractivity contribution is 7.86. The molecule has 0 unspecified atom stereocenters. The average Bonchev–Trinajstić information content (AvgIpc) is 3.20. The van der Waals surface area contributed by atoms with Crippen LogP contribution in [-0.4, -0.2) is 75.6 Å². The maximum atomic E-state index is 12.9. The Kier molecular flexibility index (Phi) is 11.4. The van der Waals surface area contributed by atoms with Crippen molar-refractivity contribution in [2.45, 2.75) is 26.5 Å². The highest BCUT2D eigenvalue weighted by atomic mass is 32.2. The Labute approximate surface area is 362 Å². The number of rotatable bonds is 11. The van der Waals surface area contributed by atoms with Gasteiger partial charge in [0.25, 0.3) is 40.5 Å². The monoisotopic (exact) mass is 951 g/mol. The Bertz CT molecular complexity index is 3630. The molecule has 330 valence electrons. The van der Waals surface area contributed by atoms with Crippen molar-refractivity contribution >= 4 is 114 Å². The summed E-state index contributed by atoms with van der Waals surface area (Å²) in [6.07, 6.45) is 2.47. The Morgan fingerprint density at radius 2 is 1.17 bits per heavy atom. The second-order valence-corrected chi connectivity index (χ2v) is 19.4. The van der Waals surface area contributed by atoms with Gasteiger partial charge >= 0.3 is 0 Å². The number of phenols is 1. The van der Waals surface area contributed by atoms with E-state index in [0.29, 0.717) is 11.6 Å². The number of nitrogens with one attached hydrogen (secondary N) is 1. The van der Waals surface area contributed by atoms with Gasteiger partial charge in [-0.15, -0.1) is 15.3 Å². The second kappa shape index (κ2) is 16.3. The molecule has 1 aliphatic carbocycles. The van der Waals surface area contributed by atoms with Gasteiger partial charge in [-0.1, -0.05) is 12.1 Å². The van der Waals surface area contributed by atoms with Crippen molar-refractivity contribution in [3.8, 4) is 11.5 Å². The van der Waals surface area contributed by atoms with Gasteiger partial charge in [-0.25, -0.2) is 0 Å². The lowest BCUT2D eigenvalue weighted by molar-refractivity contribution is -0.108. The van der Waals surface area contributed by atoms with E-state index in [9.17, 15) is 61.8 Å². The van der Waals surface area contributed by atoms with Crippen LogP contribution in [0.25, 0.3) is 27.6 Å². The van der Waals surface area contributed by atoms with Crippen LogP contribution >= 0.6 is 0 Å². The van der Waals surface area contributed by atoms with Crippen LogP contribution in [0, 0.1) is 6.92 Å². The van der Waals surface area contributed by atoms with Gasteiger partial charge in [0.15, 0.2) is 0 Å². The van der Waals surface area contributed by atoms with Gasteiger partial charge in [-0.3, -0.25) is 28.4 Å². The van der Waals surface area contributed by atoms with Crippen LogP contribution in [0.5, 0.6) is 11.5 Å². The lowest BCUT2D eigenvalue weighted by Crippen LogP contribution is -2.21. The molecular weight excluding hydrogens is 923 g/mol. The number of aromatic hydroxyl groups is 1. The molecule has 0 saturated heterocycles. The summed E-state index contributed by atoms with van der Waals surface area (Å²) in [5, 5.41) is 31.5. The van der Waals surface area contributed by atoms with E-state index in [-0.39, 0.29) is 78.3 Å². The van der Waals surface area contributed by atoms with Gasteiger partial charge in [0.05, 0.1) is 60.5 Å².